The number of aryl methyl sites for hydroxylation is 1. The van der Waals surface area contributed by atoms with Crippen molar-refractivity contribution in [1.82, 2.24) is 5.32 Å². The standard InChI is InChI=1S/C16H21NO2/c1-10-4-5-13-12(8-10)9-14(19-13)15(17-3)16-11(2)6-7-18-16/h4-5,8-9,11,15-17H,6-7H2,1-3H3. The van der Waals surface area contributed by atoms with E-state index in [9.17, 15) is 0 Å². The SMILES string of the molecule is CNC(c1cc2cc(C)ccc2o1)C1OCCC1C. The van der Waals surface area contributed by atoms with Crippen LogP contribution in [-0.2, 0) is 4.74 Å². The monoisotopic (exact) mass is 259 g/mol. The van der Waals surface area contributed by atoms with Gasteiger partial charge in [0.15, 0.2) is 0 Å². The summed E-state index contributed by atoms with van der Waals surface area (Å²) in [6.07, 6.45) is 1.33. The first-order valence-electron chi connectivity index (χ1n) is 6.98. The van der Waals surface area contributed by atoms with Crippen LogP contribution in [0.5, 0.6) is 0 Å². The fraction of sp³-hybridized carbons (Fsp3) is 0.500. The summed E-state index contributed by atoms with van der Waals surface area (Å²) in [4.78, 5) is 0. The van der Waals surface area contributed by atoms with Crippen molar-refractivity contribution in [3.63, 3.8) is 0 Å². The third-order valence-corrected chi connectivity index (χ3v) is 4.08. The molecule has 3 atom stereocenters. The average molecular weight is 259 g/mol. The molecule has 19 heavy (non-hydrogen) atoms. The fourth-order valence-corrected chi connectivity index (χ4v) is 2.95. The number of hydrogen-bond donors (Lipinski definition) is 1. The molecule has 2 aromatic rings. The largest absolute Gasteiger partial charge is 0.459 e. The Labute approximate surface area is 113 Å². The predicted molar refractivity (Wildman–Crippen MR) is 76.3 cm³/mol. The topological polar surface area (TPSA) is 34.4 Å². The molecule has 0 saturated carbocycles. The molecule has 3 rings (SSSR count). The molecule has 0 spiro atoms. The number of likely N-dealkylation sites (N-methyl/N-ethyl adjacent to an activating group) is 1. The van der Waals surface area contributed by atoms with Gasteiger partial charge in [0.2, 0.25) is 0 Å². The molecule has 1 aromatic carbocycles. The second kappa shape index (κ2) is 4.99. The van der Waals surface area contributed by atoms with Crippen molar-refractivity contribution in [2.24, 2.45) is 5.92 Å². The molecular weight excluding hydrogens is 238 g/mol. The number of hydrogen-bond acceptors (Lipinski definition) is 3. The van der Waals surface area contributed by atoms with Crippen LogP contribution in [0.1, 0.15) is 30.7 Å². The van der Waals surface area contributed by atoms with Gasteiger partial charge in [-0.05, 0) is 44.5 Å². The molecule has 0 bridgehead atoms. The Balaban J connectivity index is 1.96. The van der Waals surface area contributed by atoms with E-state index < -0.39 is 0 Å². The normalized spacial score (nSPS) is 25.0. The quantitative estimate of drug-likeness (QED) is 0.917. The van der Waals surface area contributed by atoms with Gasteiger partial charge in [-0.25, -0.2) is 0 Å². The van der Waals surface area contributed by atoms with E-state index in [0.29, 0.717) is 5.92 Å². The van der Waals surface area contributed by atoms with Crippen molar-refractivity contribution in [3.8, 4) is 0 Å². The van der Waals surface area contributed by atoms with Gasteiger partial charge in [-0.2, -0.15) is 0 Å². The van der Waals surface area contributed by atoms with Gasteiger partial charge in [-0.3, -0.25) is 0 Å². The highest BCUT2D eigenvalue weighted by Gasteiger charge is 2.34. The molecule has 0 aliphatic carbocycles. The van der Waals surface area contributed by atoms with Crippen LogP contribution in [0.15, 0.2) is 28.7 Å². The number of furan rings is 1. The van der Waals surface area contributed by atoms with Crippen LogP contribution in [0.4, 0.5) is 0 Å². The molecule has 2 heterocycles. The van der Waals surface area contributed by atoms with Crippen LogP contribution >= 0.6 is 0 Å². The predicted octanol–water partition coefficient (Wildman–Crippen LogP) is 3.43. The van der Waals surface area contributed by atoms with Crippen LogP contribution in [0.3, 0.4) is 0 Å². The van der Waals surface area contributed by atoms with Crippen LogP contribution in [-0.4, -0.2) is 19.8 Å². The van der Waals surface area contributed by atoms with E-state index in [1.807, 2.05) is 13.1 Å². The summed E-state index contributed by atoms with van der Waals surface area (Å²) in [7, 11) is 1.97. The van der Waals surface area contributed by atoms with E-state index in [4.69, 9.17) is 9.15 Å². The van der Waals surface area contributed by atoms with E-state index in [1.54, 1.807) is 0 Å². The van der Waals surface area contributed by atoms with Gasteiger partial charge in [0.25, 0.3) is 0 Å². The molecule has 0 radical (unpaired) electrons. The van der Waals surface area contributed by atoms with Crippen molar-refractivity contribution >= 4 is 11.0 Å². The maximum atomic E-state index is 5.99. The zero-order valence-corrected chi connectivity index (χ0v) is 11.8. The summed E-state index contributed by atoms with van der Waals surface area (Å²) in [5.41, 5.74) is 2.21. The number of rotatable bonds is 3. The molecule has 3 heteroatoms. The lowest BCUT2D eigenvalue weighted by molar-refractivity contribution is 0.0569. The number of fused-ring (bicyclic) bond motifs is 1. The van der Waals surface area contributed by atoms with Crippen LogP contribution in [0.2, 0.25) is 0 Å². The molecule has 1 N–H and O–H groups in total. The van der Waals surface area contributed by atoms with Crippen molar-refractivity contribution in [2.75, 3.05) is 13.7 Å². The highest BCUT2D eigenvalue weighted by molar-refractivity contribution is 5.78. The summed E-state index contributed by atoms with van der Waals surface area (Å²) in [5, 5.41) is 4.52. The van der Waals surface area contributed by atoms with Gasteiger partial charge < -0.3 is 14.5 Å². The Hall–Kier alpha value is -1.32. The summed E-state index contributed by atoms with van der Waals surface area (Å²) in [6.45, 7) is 5.20. The van der Waals surface area contributed by atoms with Gasteiger partial charge in [0.05, 0.1) is 12.1 Å². The Morgan fingerprint density at radius 1 is 1.32 bits per heavy atom. The molecule has 1 aromatic heterocycles. The molecule has 1 aliphatic heterocycles. The molecule has 1 saturated heterocycles. The van der Waals surface area contributed by atoms with E-state index in [-0.39, 0.29) is 12.1 Å². The van der Waals surface area contributed by atoms with E-state index in [1.165, 1.54) is 10.9 Å². The summed E-state index contributed by atoms with van der Waals surface area (Å²) in [5.74, 6) is 1.54. The highest BCUT2D eigenvalue weighted by Crippen LogP contribution is 2.33. The Bertz CT molecular complexity index is 575. The molecule has 1 fully saturated rings. The number of benzene rings is 1. The van der Waals surface area contributed by atoms with Crippen LogP contribution in [0, 0.1) is 12.8 Å². The maximum absolute atomic E-state index is 5.99. The van der Waals surface area contributed by atoms with Crippen molar-refractivity contribution < 1.29 is 9.15 Å². The van der Waals surface area contributed by atoms with Gasteiger partial charge in [0, 0.05) is 12.0 Å². The van der Waals surface area contributed by atoms with Gasteiger partial charge in [0.1, 0.15) is 11.3 Å². The summed E-state index contributed by atoms with van der Waals surface area (Å²) < 4.78 is 11.9. The van der Waals surface area contributed by atoms with Gasteiger partial charge >= 0.3 is 0 Å². The van der Waals surface area contributed by atoms with E-state index >= 15 is 0 Å². The first-order valence-corrected chi connectivity index (χ1v) is 6.98. The maximum Gasteiger partial charge on any atom is 0.134 e. The van der Waals surface area contributed by atoms with Gasteiger partial charge in [-0.1, -0.05) is 18.6 Å². The second-order valence-corrected chi connectivity index (χ2v) is 5.56. The van der Waals surface area contributed by atoms with E-state index in [2.05, 4.69) is 37.4 Å². The summed E-state index contributed by atoms with van der Waals surface area (Å²) in [6, 6.07) is 8.55. The van der Waals surface area contributed by atoms with Gasteiger partial charge in [-0.15, -0.1) is 0 Å². The molecule has 3 nitrogen and oxygen atoms in total. The number of ether oxygens (including phenoxy) is 1. The van der Waals surface area contributed by atoms with E-state index in [0.717, 1.165) is 24.4 Å². The highest BCUT2D eigenvalue weighted by atomic mass is 16.5. The molecule has 3 unspecified atom stereocenters. The lowest BCUT2D eigenvalue weighted by Gasteiger charge is -2.23. The lowest BCUT2D eigenvalue weighted by atomic mass is 9.96. The van der Waals surface area contributed by atoms with Crippen LogP contribution < -0.4 is 5.32 Å². The van der Waals surface area contributed by atoms with Crippen molar-refractivity contribution in [3.05, 3.63) is 35.6 Å². The van der Waals surface area contributed by atoms with Crippen LogP contribution in [0.25, 0.3) is 11.0 Å². The molecular formula is C16H21NO2. The molecule has 0 amide bonds. The summed E-state index contributed by atoms with van der Waals surface area (Å²) >= 11 is 0. The number of nitrogens with one attached hydrogen (secondary N) is 1. The Morgan fingerprint density at radius 3 is 2.84 bits per heavy atom. The Kier molecular flexibility index (Phi) is 3.33. The fourth-order valence-electron chi connectivity index (χ4n) is 2.95. The minimum atomic E-state index is 0.130. The van der Waals surface area contributed by atoms with Crippen molar-refractivity contribution in [1.29, 1.82) is 0 Å². The molecule has 1 aliphatic rings. The first kappa shape index (κ1) is 12.7. The minimum Gasteiger partial charge on any atom is -0.459 e. The zero-order chi connectivity index (χ0) is 13.4. The lowest BCUT2D eigenvalue weighted by Crippen LogP contribution is -2.32. The first-order chi connectivity index (χ1) is 9.19. The van der Waals surface area contributed by atoms with Crippen molar-refractivity contribution in [2.45, 2.75) is 32.4 Å². The minimum absolute atomic E-state index is 0.130. The second-order valence-electron chi connectivity index (χ2n) is 5.56. The zero-order valence-electron chi connectivity index (χ0n) is 11.8. The smallest absolute Gasteiger partial charge is 0.134 e. The Morgan fingerprint density at radius 2 is 2.16 bits per heavy atom. The third kappa shape index (κ3) is 2.28. The molecule has 102 valence electrons. The third-order valence-electron chi connectivity index (χ3n) is 4.08. The average Bonchev–Trinajstić information content (AvgIpc) is 2.97.